The van der Waals surface area contributed by atoms with Crippen LogP contribution in [0, 0.1) is 17.7 Å². The zero-order valence-corrected chi connectivity index (χ0v) is 15.2. The average Bonchev–Trinajstić information content (AvgIpc) is 3.37. The lowest BCUT2D eigenvalue weighted by Crippen LogP contribution is -2.22. The quantitative estimate of drug-likeness (QED) is 0.858. The highest BCUT2D eigenvalue weighted by Gasteiger charge is 2.48. The largest absolute Gasteiger partial charge is 0.326 e. The Morgan fingerprint density at radius 3 is 2.12 bits per heavy atom. The van der Waals surface area contributed by atoms with Gasteiger partial charge in [0, 0.05) is 11.4 Å². The molecule has 0 spiro atoms. The summed E-state index contributed by atoms with van der Waals surface area (Å²) in [6.07, 6.45) is 0.524. The first-order valence-corrected chi connectivity index (χ1v) is 8.72. The van der Waals surface area contributed by atoms with Crippen molar-refractivity contribution in [1.82, 2.24) is 0 Å². The fraction of sp³-hybridized carbons (Fsp3) is 0.333. The molecule has 0 aliphatic heterocycles. The van der Waals surface area contributed by atoms with Gasteiger partial charge in [-0.2, -0.15) is 0 Å². The number of halogens is 1. The lowest BCUT2D eigenvalue weighted by atomic mass is 9.86. The molecule has 2 unspecified atom stereocenters. The first-order valence-electron chi connectivity index (χ1n) is 8.72. The Balaban J connectivity index is 1.61. The van der Waals surface area contributed by atoms with Crippen molar-refractivity contribution in [3.63, 3.8) is 0 Å². The Morgan fingerprint density at radius 2 is 1.50 bits per heavy atom. The summed E-state index contributed by atoms with van der Waals surface area (Å²) in [4.78, 5) is 24.8. The number of anilines is 2. The van der Waals surface area contributed by atoms with E-state index >= 15 is 0 Å². The Labute approximate surface area is 152 Å². The third-order valence-corrected chi connectivity index (χ3v) is 4.57. The highest BCUT2D eigenvalue weighted by molar-refractivity contribution is 6.03. The van der Waals surface area contributed by atoms with E-state index in [0.29, 0.717) is 12.1 Å². The van der Waals surface area contributed by atoms with Crippen LogP contribution in [0.1, 0.15) is 32.8 Å². The molecule has 0 saturated heterocycles. The average molecular weight is 354 g/mol. The number of hydrogen-bond donors (Lipinski definition) is 2. The summed E-state index contributed by atoms with van der Waals surface area (Å²) in [5, 5.41) is 5.70. The van der Waals surface area contributed by atoms with Gasteiger partial charge in [-0.3, -0.25) is 9.59 Å². The molecule has 2 amide bonds. The van der Waals surface area contributed by atoms with Crippen molar-refractivity contribution in [2.75, 3.05) is 10.6 Å². The van der Waals surface area contributed by atoms with Gasteiger partial charge in [0.1, 0.15) is 5.82 Å². The molecule has 2 aromatic rings. The van der Waals surface area contributed by atoms with Crippen molar-refractivity contribution in [1.29, 1.82) is 0 Å². The highest BCUT2D eigenvalue weighted by atomic mass is 19.1. The van der Waals surface area contributed by atoms with E-state index in [0.717, 1.165) is 11.3 Å². The predicted molar refractivity (Wildman–Crippen MR) is 100 cm³/mol. The van der Waals surface area contributed by atoms with E-state index in [-0.39, 0.29) is 34.9 Å². The van der Waals surface area contributed by atoms with Crippen LogP contribution in [0.15, 0.2) is 48.5 Å². The second-order valence-electron chi connectivity index (χ2n) is 7.73. The van der Waals surface area contributed by atoms with E-state index in [2.05, 4.69) is 31.4 Å². The molecular weight excluding hydrogens is 331 g/mol. The molecule has 1 saturated carbocycles. The van der Waals surface area contributed by atoms with Crippen LogP contribution in [0.2, 0.25) is 0 Å². The fourth-order valence-electron chi connectivity index (χ4n) is 3.01. The molecule has 0 bridgehead atoms. The number of amides is 2. The second kappa shape index (κ2) is 6.90. The van der Waals surface area contributed by atoms with Gasteiger partial charge in [-0.25, -0.2) is 4.39 Å². The monoisotopic (exact) mass is 354 g/mol. The number of benzene rings is 2. The number of para-hydroxylation sites is 1. The van der Waals surface area contributed by atoms with Crippen LogP contribution < -0.4 is 10.6 Å². The molecule has 1 aliphatic rings. The van der Waals surface area contributed by atoms with Crippen molar-refractivity contribution in [2.45, 2.75) is 32.6 Å². The summed E-state index contributed by atoms with van der Waals surface area (Å²) in [5.41, 5.74) is 2.28. The maximum absolute atomic E-state index is 12.9. The summed E-state index contributed by atoms with van der Waals surface area (Å²) in [6, 6.07) is 13.3. The zero-order chi connectivity index (χ0) is 18.9. The van der Waals surface area contributed by atoms with E-state index in [9.17, 15) is 14.0 Å². The topological polar surface area (TPSA) is 58.2 Å². The van der Waals surface area contributed by atoms with Crippen LogP contribution in [0.5, 0.6) is 0 Å². The second-order valence-corrected chi connectivity index (χ2v) is 7.73. The molecule has 1 aliphatic carbocycles. The Bertz CT molecular complexity index is 825. The molecule has 3 rings (SSSR count). The number of carbonyl (C=O) groups excluding carboxylic acids is 2. The Hall–Kier alpha value is -2.69. The number of carbonyl (C=O) groups is 2. The SMILES string of the molecule is CC(C)(C)c1ccccc1NC(=O)C1CC1C(=O)Nc1ccc(F)cc1. The Kier molecular flexibility index (Phi) is 4.81. The van der Waals surface area contributed by atoms with Gasteiger partial charge in [-0.15, -0.1) is 0 Å². The molecular formula is C21H23FN2O2. The lowest BCUT2D eigenvalue weighted by molar-refractivity contribution is -0.122. The fourth-order valence-corrected chi connectivity index (χ4v) is 3.01. The first kappa shape index (κ1) is 18.1. The summed E-state index contributed by atoms with van der Waals surface area (Å²) in [5.74, 6) is -1.38. The Morgan fingerprint density at radius 1 is 0.923 bits per heavy atom. The van der Waals surface area contributed by atoms with Crippen LogP contribution in [-0.4, -0.2) is 11.8 Å². The highest BCUT2D eigenvalue weighted by Crippen LogP contribution is 2.41. The van der Waals surface area contributed by atoms with Crippen LogP contribution >= 0.6 is 0 Å². The smallest absolute Gasteiger partial charge is 0.228 e. The van der Waals surface area contributed by atoms with Crippen molar-refractivity contribution >= 4 is 23.2 Å². The molecule has 5 heteroatoms. The first-order chi connectivity index (χ1) is 12.3. The minimum atomic E-state index is -0.357. The van der Waals surface area contributed by atoms with Gasteiger partial charge < -0.3 is 10.6 Å². The van der Waals surface area contributed by atoms with Crippen LogP contribution in [0.4, 0.5) is 15.8 Å². The summed E-state index contributed by atoms with van der Waals surface area (Å²) >= 11 is 0. The summed E-state index contributed by atoms with van der Waals surface area (Å²) in [7, 11) is 0. The zero-order valence-electron chi connectivity index (χ0n) is 15.2. The van der Waals surface area contributed by atoms with Gasteiger partial charge in [-0.1, -0.05) is 39.0 Å². The van der Waals surface area contributed by atoms with Gasteiger partial charge in [0.15, 0.2) is 0 Å². The molecule has 0 heterocycles. The molecule has 136 valence electrons. The van der Waals surface area contributed by atoms with Gasteiger partial charge in [0.2, 0.25) is 11.8 Å². The lowest BCUT2D eigenvalue weighted by Gasteiger charge is -2.23. The third-order valence-electron chi connectivity index (χ3n) is 4.57. The van der Waals surface area contributed by atoms with E-state index in [1.54, 1.807) is 0 Å². The summed E-state index contributed by atoms with van der Waals surface area (Å²) in [6.45, 7) is 6.27. The molecule has 4 nitrogen and oxygen atoms in total. The van der Waals surface area contributed by atoms with E-state index in [1.807, 2.05) is 24.3 Å². The minimum Gasteiger partial charge on any atom is -0.326 e. The van der Waals surface area contributed by atoms with Crippen molar-refractivity contribution in [2.24, 2.45) is 11.8 Å². The summed E-state index contributed by atoms with van der Waals surface area (Å²) < 4.78 is 12.9. The number of hydrogen-bond acceptors (Lipinski definition) is 2. The molecule has 1 fully saturated rings. The number of nitrogens with one attached hydrogen (secondary N) is 2. The number of rotatable bonds is 4. The van der Waals surface area contributed by atoms with Crippen LogP contribution in [-0.2, 0) is 15.0 Å². The molecule has 0 radical (unpaired) electrons. The maximum Gasteiger partial charge on any atom is 0.228 e. The molecule has 2 N–H and O–H groups in total. The van der Waals surface area contributed by atoms with Gasteiger partial charge in [0.05, 0.1) is 11.8 Å². The minimum absolute atomic E-state index is 0.0905. The normalized spacial score (nSPS) is 18.9. The van der Waals surface area contributed by atoms with E-state index in [1.165, 1.54) is 24.3 Å². The predicted octanol–water partition coefficient (Wildman–Crippen LogP) is 4.34. The maximum atomic E-state index is 12.9. The molecule has 2 atom stereocenters. The van der Waals surface area contributed by atoms with Crippen molar-refractivity contribution < 1.29 is 14.0 Å². The molecule has 26 heavy (non-hydrogen) atoms. The van der Waals surface area contributed by atoms with Crippen LogP contribution in [0.3, 0.4) is 0 Å². The standard InChI is InChI=1S/C21H23FN2O2/c1-21(2,3)17-6-4-5-7-18(17)24-20(26)16-12-15(16)19(25)23-14-10-8-13(22)9-11-14/h4-11,15-16H,12H2,1-3H3,(H,23,25)(H,24,26). The van der Waals surface area contributed by atoms with Crippen molar-refractivity contribution in [3.8, 4) is 0 Å². The van der Waals surface area contributed by atoms with Crippen molar-refractivity contribution in [3.05, 3.63) is 59.9 Å². The van der Waals surface area contributed by atoms with Crippen LogP contribution in [0.25, 0.3) is 0 Å². The molecule has 2 aromatic carbocycles. The van der Waals surface area contributed by atoms with Gasteiger partial charge in [-0.05, 0) is 47.7 Å². The van der Waals surface area contributed by atoms with E-state index in [4.69, 9.17) is 0 Å². The van der Waals surface area contributed by atoms with Gasteiger partial charge in [0.25, 0.3) is 0 Å². The molecule has 0 aromatic heterocycles. The van der Waals surface area contributed by atoms with E-state index < -0.39 is 0 Å². The third kappa shape index (κ3) is 4.10. The van der Waals surface area contributed by atoms with Gasteiger partial charge >= 0.3 is 0 Å².